The first-order chi connectivity index (χ1) is 16.1. The van der Waals surface area contributed by atoms with E-state index in [-0.39, 0.29) is 19.5 Å². The summed E-state index contributed by atoms with van der Waals surface area (Å²) in [6.07, 6.45) is -2.19. The second-order valence-corrected chi connectivity index (χ2v) is 9.80. The van der Waals surface area contributed by atoms with Crippen molar-refractivity contribution >= 4 is 22.0 Å². The zero-order chi connectivity index (χ0) is 24.7. The van der Waals surface area contributed by atoms with E-state index in [2.05, 4.69) is 10.0 Å². The predicted molar refractivity (Wildman–Crippen MR) is 123 cm³/mol. The Morgan fingerprint density at radius 1 is 1.06 bits per heavy atom. The summed E-state index contributed by atoms with van der Waals surface area (Å²) in [4.78, 5) is 12.4. The van der Waals surface area contributed by atoms with Crippen LogP contribution in [-0.4, -0.2) is 40.6 Å². The van der Waals surface area contributed by atoms with Gasteiger partial charge in [-0.1, -0.05) is 48.5 Å². The fourth-order valence-corrected chi connectivity index (χ4v) is 4.62. The Balaban J connectivity index is 1.57. The van der Waals surface area contributed by atoms with Gasteiger partial charge in [0.05, 0.1) is 5.56 Å². The van der Waals surface area contributed by atoms with E-state index in [1.165, 1.54) is 12.1 Å². The van der Waals surface area contributed by atoms with E-state index in [1.807, 2.05) is 6.07 Å². The zero-order valence-corrected chi connectivity index (χ0v) is 19.3. The maximum absolute atomic E-state index is 13.2. The Hall–Kier alpha value is -2.69. The molecule has 0 unspecified atom stereocenters. The smallest absolute Gasteiger partial charge is 0.381 e. The summed E-state index contributed by atoms with van der Waals surface area (Å²) in [6, 6.07) is 14.1. The lowest BCUT2D eigenvalue weighted by atomic mass is 9.73. The first kappa shape index (κ1) is 25.9. The van der Waals surface area contributed by atoms with Crippen LogP contribution in [0.2, 0.25) is 0 Å². The van der Waals surface area contributed by atoms with Gasteiger partial charge in [-0.15, -0.1) is 0 Å². The standard InChI is InChI=1S/C24H27F3N2O4S/c25-24(26,27)21-8-4-7-20(17-21)23(11-14-33-15-12-23)18-28-22(30)9-13-29-34(31,32)16-10-19-5-2-1-3-6-19/h1-8,10,16-17,29H,9,11-15,18H2,(H,28,30). The molecule has 0 radical (unpaired) electrons. The molecule has 10 heteroatoms. The second-order valence-electron chi connectivity index (χ2n) is 8.15. The van der Waals surface area contributed by atoms with Gasteiger partial charge >= 0.3 is 6.18 Å². The number of amides is 1. The molecule has 1 aliphatic heterocycles. The van der Waals surface area contributed by atoms with Crippen molar-refractivity contribution in [1.29, 1.82) is 0 Å². The van der Waals surface area contributed by atoms with Crippen molar-refractivity contribution in [3.8, 4) is 0 Å². The average Bonchev–Trinajstić information content (AvgIpc) is 2.82. The summed E-state index contributed by atoms with van der Waals surface area (Å²) in [7, 11) is -3.72. The summed E-state index contributed by atoms with van der Waals surface area (Å²) in [5.74, 6) is -0.396. The molecule has 0 bridgehead atoms. The van der Waals surface area contributed by atoms with Crippen LogP contribution in [0.1, 0.15) is 36.0 Å². The molecule has 3 rings (SSSR count). The predicted octanol–water partition coefficient (Wildman–Crippen LogP) is 3.85. The quantitative estimate of drug-likeness (QED) is 0.553. The topological polar surface area (TPSA) is 84.5 Å². The summed E-state index contributed by atoms with van der Waals surface area (Å²) < 4.78 is 71.6. The molecule has 1 saturated heterocycles. The molecule has 0 aliphatic carbocycles. The van der Waals surface area contributed by atoms with Gasteiger partial charge in [-0.3, -0.25) is 4.79 Å². The van der Waals surface area contributed by atoms with Gasteiger partial charge in [0, 0.05) is 43.5 Å². The Labute approximate surface area is 197 Å². The molecule has 34 heavy (non-hydrogen) atoms. The van der Waals surface area contributed by atoms with Gasteiger partial charge in [0.1, 0.15) is 0 Å². The van der Waals surface area contributed by atoms with Crippen LogP contribution in [0.4, 0.5) is 13.2 Å². The molecule has 1 amide bonds. The average molecular weight is 497 g/mol. The van der Waals surface area contributed by atoms with Crippen LogP contribution < -0.4 is 10.0 Å². The van der Waals surface area contributed by atoms with E-state index in [0.717, 1.165) is 23.1 Å². The van der Waals surface area contributed by atoms with Crippen molar-refractivity contribution in [3.05, 3.63) is 76.7 Å². The minimum Gasteiger partial charge on any atom is -0.381 e. The van der Waals surface area contributed by atoms with Crippen LogP contribution in [0, 0.1) is 0 Å². The van der Waals surface area contributed by atoms with E-state index < -0.39 is 33.1 Å². The normalized spacial score (nSPS) is 16.4. The fourth-order valence-electron chi connectivity index (χ4n) is 3.80. The molecule has 0 saturated carbocycles. The van der Waals surface area contributed by atoms with Crippen molar-refractivity contribution < 1.29 is 31.1 Å². The third-order valence-electron chi connectivity index (χ3n) is 5.77. The minimum atomic E-state index is -4.46. The number of sulfonamides is 1. The van der Waals surface area contributed by atoms with Crippen LogP contribution in [0.5, 0.6) is 0 Å². The summed E-state index contributed by atoms with van der Waals surface area (Å²) >= 11 is 0. The molecular formula is C24H27F3N2O4S. The van der Waals surface area contributed by atoms with E-state index >= 15 is 0 Å². The van der Waals surface area contributed by atoms with Crippen LogP contribution in [0.3, 0.4) is 0 Å². The maximum Gasteiger partial charge on any atom is 0.416 e. The molecule has 1 aliphatic rings. The highest BCUT2D eigenvalue weighted by molar-refractivity contribution is 7.92. The van der Waals surface area contributed by atoms with Gasteiger partial charge in [0.15, 0.2) is 0 Å². The van der Waals surface area contributed by atoms with Crippen molar-refractivity contribution in [1.82, 2.24) is 10.0 Å². The molecule has 2 N–H and O–H groups in total. The van der Waals surface area contributed by atoms with Gasteiger partial charge in [0.2, 0.25) is 15.9 Å². The van der Waals surface area contributed by atoms with Gasteiger partial charge in [-0.2, -0.15) is 13.2 Å². The summed E-state index contributed by atoms with van der Waals surface area (Å²) in [5, 5.41) is 3.80. The number of alkyl halides is 3. The number of hydrogen-bond donors (Lipinski definition) is 2. The van der Waals surface area contributed by atoms with Crippen LogP contribution in [0.15, 0.2) is 60.0 Å². The number of carbonyl (C=O) groups is 1. The Morgan fingerprint density at radius 2 is 1.76 bits per heavy atom. The highest BCUT2D eigenvalue weighted by atomic mass is 32.2. The molecule has 2 aromatic rings. The van der Waals surface area contributed by atoms with E-state index in [0.29, 0.717) is 31.6 Å². The molecular weight excluding hydrogens is 469 g/mol. The highest BCUT2D eigenvalue weighted by Crippen LogP contribution is 2.37. The minimum absolute atomic E-state index is 0.104. The molecule has 1 fully saturated rings. The van der Waals surface area contributed by atoms with Crippen molar-refractivity contribution in [2.24, 2.45) is 0 Å². The lowest BCUT2D eigenvalue weighted by molar-refractivity contribution is -0.137. The number of rotatable bonds is 9. The van der Waals surface area contributed by atoms with Gasteiger partial charge in [-0.05, 0) is 36.1 Å². The largest absolute Gasteiger partial charge is 0.416 e. The van der Waals surface area contributed by atoms with Crippen molar-refractivity contribution in [2.45, 2.75) is 30.9 Å². The molecule has 1 heterocycles. The maximum atomic E-state index is 13.2. The van der Waals surface area contributed by atoms with Crippen molar-refractivity contribution in [3.63, 3.8) is 0 Å². The SMILES string of the molecule is O=C(CCNS(=O)(=O)C=Cc1ccccc1)NCC1(c2cccc(C(F)(F)F)c2)CCOCC1. The lowest BCUT2D eigenvalue weighted by Gasteiger charge is -2.38. The third-order valence-corrected chi connectivity index (χ3v) is 6.87. The van der Waals surface area contributed by atoms with Gasteiger partial charge in [-0.25, -0.2) is 13.1 Å². The second kappa shape index (κ2) is 11.2. The Kier molecular flexibility index (Phi) is 8.51. The Bertz CT molecular complexity index is 1100. The first-order valence-corrected chi connectivity index (χ1v) is 12.4. The molecule has 0 spiro atoms. The van der Waals surface area contributed by atoms with Crippen LogP contribution in [-0.2, 0) is 31.1 Å². The molecule has 184 valence electrons. The third kappa shape index (κ3) is 7.41. The van der Waals surface area contributed by atoms with Gasteiger partial charge in [0.25, 0.3) is 0 Å². The number of ether oxygens (including phenoxy) is 1. The first-order valence-electron chi connectivity index (χ1n) is 10.8. The fraction of sp³-hybridized carbons (Fsp3) is 0.375. The monoisotopic (exact) mass is 496 g/mol. The number of nitrogens with one attached hydrogen (secondary N) is 2. The summed E-state index contributed by atoms with van der Waals surface area (Å²) in [6.45, 7) is 0.781. The number of benzene rings is 2. The molecule has 0 atom stereocenters. The number of halogens is 3. The van der Waals surface area contributed by atoms with Gasteiger partial charge < -0.3 is 10.1 Å². The molecule has 2 aromatic carbocycles. The lowest BCUT2D eigenvalue weighted by Crippen LogP contribution is -2.45. The van der Waals surface area contributed by atoms with Crippen LogP contribution >= 0.6 is 0 Å². The van der Waals surface area contributed by atoms with Crippen LogP contribution in [0.25, 0.3) is 6.08 Å². The summed E-state index contributed by atoms with van der Waals surface area (Å²) in [5.41, 5.74) is -0.201. The number of carbonyl (C=O) groups excluding carboxylic acids is 1. The Morgan fingerprint density at radius 3 is 2.44 bits per heavy atom. The number of hydrogen-bond acceptors (Lipinski definition) is 4. The van der Waals surface area contributed by atoms with E-state index in [1.54, 1.807) is 30.3 Å². The van der Waals surface area contributed by atoms with Crippen molar-refractivity contribution in [2.75, 3.05) is 26.3 Å². The van der Waals surface area contributed by atoms with E-state index in [4.69, 9.17) is 4.74 Å². The highest BCUT2D eigenvalue weighted by Gasteiger charge is 2.37. The zero-order valence-electron chi connectivity index (χ0n) is 18.5. The molecule has 0 aromatic heterocycles. The van der Waals surface area contributed by atoms with E-state index in [9.17, 15) is 26.4 Å². The molecule has 6 nitrogen and oxygen atoms in total.